The lowest BCUT2D eigenvalue weighted by molar-refractivity contribution is -0.133. The Labute approximate surface area is 115 Å². The van der Waals surface area contributed by atoms with Crippen LogP contribution in [0.25, 0.3) is 0 Å². The third-order valence-electron chi connectivity index (χ3n) is 2.64. The van der Waals surface area contributed by atoms with E-state index in [1.165, 1.54) is 13.8 Å². The molecule has 1 aromatic rings. The summed E-state index contributed by atoms with van der Waals surface area (Å²) in [6.45, 7) is 3.40. The number of hydrogen-bond donors (Lipinski definition) is 3. The minimum absolute atomic E-state index is 0.0141. The molecule has 0 bridgehead atoms. The van der Waals surface area contributed by atoms with E-state index in [-0.39, 0.29) is 11.1 Å². The fourth-order valence-corrected chi connectivity index (χ4v) is 1.29. The second kappa shape index (κ2) is 7.07. The molecule has 0 spiro atoms. The normalized spacial score (nSPS) is 11.5. The van der Waals surface area contributed by atoms with E-state index < -0.39 is 17.9 Å². The molecule has 3 amide bonds. The highest BCUT2D eigenvalue weighted by Crippen LogP contribution is 2.03. The van der Waals surface area contributed by atoms with Gasteiger partial charge in [-0.25, -0.2) is 9.59 Å². The van der Waals surface area contributed by atoms with Gasteiger partial charge in [-0.05, 0) is 19.9 Å². The van der Waals surface area contributed by atoms with Crippen LogP contribution in [0.1, 0.15) is 13.8 Å². The van der Waals surface area contributed by atoms with Gasteiger partial charge in [0.1, 0.15) is 0 Å². The van der Waals surface area contributed by atoms with Gasteiger partial charge in [-0.15, -0.1) is 0 Å². The predicted octanol–water partition coefficient (Wildman–Crippen LogP) is 0.130. The first-order valence-corrected chi connectivity index (χ1v) is 5.89. The van der Waals surface area contributed by atoms with Crippen molar-refractivity contribution in [2.75, 3.05) is 6.54 Å². The van der Waals surface area contributed by atoms with Crippen LogP contribution in [0, 0.1) is 0 Å². The zero-order chi connectivity index (χ0) is 15.1. The van der Waals surface area contributed by atoms with Crippen LogP contribution in [0.4, 0.5) is 4.79 Å². The predicted molar refractivity (Wildman–Crippen MR) is 69.8 cm³/mol. The summed E-state index contributed by atoms with van der Waals surface area (Å²) in [5.74, 6) is -1.93. The van der Waals surface area contributed by atoms with Crippen molar-refractivity contribution in [2.45, 2.75) is 20.4 Å². The molecule has 0 saturated carbocycles. The highest BCUT2D eigenvalue weighted by atomic mass is 16.4. The summed E-state index contributed by atoms with van der Waals surface area (Å²) in [6.07, 6.45) is 3.36. The zero-order valence-electron chi connectivity index (χ0n) is 11.2. The highest BCUT2D eigenvalue weighted by Gasteiger charge is 2.14. The molecule has 0 aromatic carbocycles. The third kappa shape index (κ3) is 4.56. The Morgan fingerprint density at radius 3 is 2.50 bits per heavy atom. The molecule has 0 radical (unpaired) electrons. The summed E-state index contributed by atoms with van der Waals surface area (Å²) in [4.78, 5) is 33.7. The van der Waals surface area contributed by atoms with E-state index in [1.807, 2.05) is 0 Å². The first-order chi connectivity index (χ1) is 9.41. The molecular formula is C12H16N4O4. The molecule has 0 aliphatic heterocycles. The van der Waals surface area contributed by atoms with Gasteiger partial charge in [0, 0.05) is 30.1 Å². The first kappa shape index (κ1) is 15.4. The van der Waals surface area contributed by atoms with E-state index in [1.54, 1.807) is 23.1 Å². The smallest absolute Gasteiger partial charge is 0.331 e. The fourth-order valence-electron chi connectivity index (χ4n) is 1.29. The number of carbonyl (C=O) groups is 3. The van der Waals surface area contributed by atoms with E-state index in [0.717, 1.165) is 0 Å². The van der Waals surface area contributed by atoms with Crippen LogP contribution in [0.2, 0.25) is 0 Å². The summed E-state index contributed by atoms with van der Waals surface area (Å²) in [6, 6.07) is 1.08. The number of nitrogens with one attached hydrogen (secondary N) is 2. The molecular weight excluding hydrogens is 264 g/mol. The molecule has 0 saturated heterocycles. The van der Waals surface area contributed by atoms with Crippen molar-refractivity contribution in [1.82, 2.24) is 20.4 Å². The first-order valence-electron chi connectivity index (χ1n) is 5.89. The van der Waals surface area contributed by atoms with Gasteiger partial charge in [-0.2, -0.15) is 5.10 Å². The summed E-state index contributed by atoms with van der Waals surface area (Å²) >= 11 is 0. The third-order valence-corrected chi connectivity index (χ3v) is 2.64. The molecule has 1 rings (SSSR count). The van der Waals surface area contributed by atoms with Crippen molar-refractivity contribution in [1.29, 1.82) is 0 Å². The van der Waals surface area contributed by atoms with Crippen LogP contribution in [0.15, 0.2) is 29.6 Å². The minimum atomic E-state index is -1.20. The maximum absolute atomic E-state index is 11.6. The number of amides is 3. The molecule has 8 heteroatoms. The van der Waals surface area contributed by atoms with E-state index >= 15 is 0 Å². The van der Waals surface area contributed by atoms with Crippen LogP contribution in [-0.2, 0) is 16.1 Å². The van der Waals surface area contributed by atoms with Gasteiger partial charge in [-0.1, -0.05) is 0 Å². The van der Waals surface area contributed by atoms with Crippen LogP contribution >= 0.6 is 0 Å². The van der Waals surface area contributed by atoms with Crippen LogP contribution in [0.5, 0.6) is 0 Å². The number of carboxylic acid groups (broad SMARTS) is 1. The van der Waals surface area contributed by atoms with Crippen molar-refractivity contribution in [3.05, 3.63) is 29.6 Å². The lowest BCUT2D eigenvalue weighted by Gasteiger charge is -2.08. The Morgan fingerprint density at radius 2 is 1.95 bits per heavy atom. The van der Waals surface area contributed by atoms with Gasteiger partial charge in [0.25, 0.3) is 5.91 Å². The fraction of sp³-hybridized carbons (Fsp3) is 0.333. The Kier molecular flexibility index (Phi) is 5.45. The number of carbonyl (C=O) groups excluding carboxylic acids is 2. The van der Waals surface area contributed by atoms with Crippen LogP contribution in [-0.4, -0.2) is 39.3 Å². The second-order valence-electron chi connectivity index (χ2n) is 4.03. The summed E-state index contributed by atoms with van der Waals surface area (Å²) in [5.41, 5.74) is -0.119. The van der Waals surface area contributed by atoms with Gasteiger partial charge in [0.2, 0.25) is 0 Å². The van der Waals surface area contributed by atoms with Gasteiger partial charge < -0.3 is 10.4 Å². The molecule has 8 nitrogen and oxygen atoms in total. The van der Waals surface area contributed by atoms with Crippen LogP contribution < -0.4 is 10.6 Å². The lowest BCUT2D eigenvalue weighted by atomic mass is 10.1. The molecule has 1 heterocycles. The van der Waals surface area contributed by atoms with Crippen molar-refractivity contribution < 1.29 is 19.5 Å². The Balaban J connectivity index is 2.40. The standard InChI is InChI=1S/C12H16N4O4/c1-8(9(2)11(18)19)10(17)15-12(20)13-5-7-16-6-3-4-14-16/h3-4,6H,5,7H2,1-2H3,(H,18,19)(H2,13,15,17,20). The molecule has 0 unspecified atom stereocenters. The van der Waals surface area contributed by atoms with Crippen molar-refractivity contribution in [3.8, 4) is 0 Å². The average molecular weight is 280 g/mol. The molecule has 108 valence electrons. The molecule has 1 aromatic heterocycles. The van der Waals surface area contributed by atoms with E-state index in [2.05, 4.69) is 15.7 Å². The highest BCUT2D eigenvalue weighted by molar-refractivity contribution is 6.07. The molecule has 0 fully saturated rings. The van der Waals surface area contributed by atoms with Gasteiger partial charge >= 0.3 is 12.0 Å². The number of urea groups is 1. The summed E-state index contributed by atoms with van der Waals surface area (Å²) in [5, 5.41) is 17.2. The van der Waals surface area contributed by atoms with Crippen LogP contribution in [0.3, 0.4) is 0 Å². The number of rotatable bonds is 5. The maximum Gasteiger partial charge on any atom is 0.331 e. The largest absolute Gasteiger partial charge is 0.478 e. The minimum Gasteiger partial charge on any atom is -0.478 e. The number of hydrogen-bond acceptors (Lipinski definition) is 4. The lowest BCUT2D eigenvalue weighted by Crippen LogP contribution is -2.41. The van der Waals surface area contributed by atoms with E-state index in [0.29, 0.717) is 13.1 Å². The second-order valence-corrected chi connectivity index (χ2v) is 4.03. The number of carboxylic acids is 1. The zero-order valence-corrected chi connectivity index (χ0v) is 11.2. The van der Waals surface area contributed by atoms with E-state index in [9.17, 15) is 14.4 Å². The number of aromatic nitrogens is 2. The summed E-state index contributed by atoms with van der Waals surface area (Å²) < 4.78 is 1.63. The van der Waals surface area contributed by atoms with E-state index in [4.69, 9.17) is 5.11 Å². The molecule has 0 aliphatic carbocycles. The monoisotopic (exact) mass is 280 g/mol. The Hall–Kier alpha value is -2.64. The topological polar surface area (TPSA) is 113 Å². The number of nitrogens with zero attached hydrogens (tertiary/aromatic N) is 2. The average Bonchev–Trinajstić information content (AvgIpc) is 2.89. The SMILES string of the molecule is CC(C(=O)O)=C(C)C(=O)NC(=O)NCCn1cccn1. The maximum atomic E-state index is 11.6. The van der Waals surface area contributed by atoms with Gasteiger partial charge in [-0.3, -0.25) is 14.8 Å². The van der Waals surface area contributed by atoms with Crippen molar-refractivity contribution in [3.63, 3.8) is 0 Å². The Bertz CT molecular complexity index is 534. The molecule has 0 aliphatic rings. The Morgan fingerprint density at radius 1 is 1.25 bits per heavy atom. The molecule has 3 N–H and O–H groups in total. The number of imide groups is 1. The quantitative estimate of drug-likeness (QED) is 0.663. The van der Waals surface area contributed by atoms with Gasteiger partial charge in [0.05, 0.1) is 6.54 Å². The molecule has 0 atom stereocenters. The van der Waals surface area contributed by atoms with Gasteiger partial charge in [0.15, 0.2) is 0 Å². The van der Waals surface area contributed by atoms with Crippen molar-refractivity contribution >= 4 is 17.9 Å². The van der Waals surface area contributed by atoms with Crippen molar-refractivity contribution in [2.24, 2.45) is 0 Å². The molecule has 20 heavy (non-hydrogen) atoms. The summed E-state index contributed by atoms with van der Waals surface area (Å²) in [7, 11) is 0. The number of aliphatic carboxylic acids is 1.